The maximum Gasteiger partial charge on any atom is 0.333 e. The van der Waals surface area contributed by atoms with Crippen molar-refractivity contribution in [2.75, 3.05) is 0 Å². The van der Waals surface area contributed by atoms with Gasteiger partial charge in [0.05, 0.1) is 51.4 Å². The molecule has 0 aliphatic rings. The zero-order valence-electron chi connectivity index (χ0n) is 15.4. The molecule has 0 aliphatic carbocycles. The number of alkyl halides is 2. The highest BCUT2D eigenvalue weighted by Crippen LogP contribution is 2.27. The Morgan fingerprint density at radius 1 is 1.23 bits per heavy atom. The number of nitrogens with one attached hydrogen (secondary N) is 4. The van der Waals surface area contributed by atoms with Crippen LogP contribution in [0.15, 0.2) is 36.8 Å². The summed E-state index contributed by atoms with van der Waals surface area (Å²) in [6.07, 6.45) is 5.34. The third kappa shape index (κ3) is 4.71. The van der Waals surface area contributed by atoms with Gasteiger partial charge in [0.2, 0.25) is 0 Å². The Hall–Kier alpha value is -2.95. The van der Waals surface area contributed by atoms with Gasteiger partial charge in [-0.15, -0.1) is 0 Å². The maximum absolute atomic E-state index is 12.7. The van der Waals surface area contributed by atoms with Gasteiger partial charge in [-0.3, -0.25) is 5.41 Å². The predicted octanol–water partition coefficient (Wildman–Crippen LogP) is 5.20. The average molecular weight is 486 g/mol. The predicted molar refractivity (Wildman–Crippen MR) is 116 cm³/mol. The fraction of sp³-hybridized carbons (Fsp3) is 0.111. The molecule has 0 fully saturated rings. The van der Waals surface area contributed by atoms with E-state index in [2.05, 4.69) is 30.4 Å². The van der Waals surface area contributed by atoms with Gasteiger partial charge >= 0.3 is 6.55 Å². The molecule has 3 aromatic heterocycles. The third-order valence-corrected chi connectivity index (χ3v) is 5.07. The normalized spacial score (nSPS) is 12.1. The highest BCUT2D eigenvalue weighted by atomic mass is 35.5. The second-order valence-electron chi connectivity index (χ2n) is 6.36. The van der Waals surface area contributed by atoms with Gasteiger partial charge in [0.25, 0.3) is 0 Å². The third-order valence-electron chi connectivity index (χ3n) is 4.23. The van der Waals surface area contributed by atoms with Gasteiger partial charge in [0.1, 0.15) is 11.0 Å². The van der Waals surface area contributed by atoms with Gasteiger partial charge in [-0.2, -0.15) is 13.9 Å². The van der Waals surface area contributed by atoms with Crippen molar-refractivity contribution in [2.24, 2.45) is 0 Å². The van der Waals surface area contributed by atoms with Gasteiger partial charge in [-0.25, -0.2) is 14.6 Å². The van der Waals surface area contributed by atoms with Crippen LogP contribution < -0.4 is 5.32 Å². The molecule has 13 heteroatoms. The van der Waals surface area contributed by atoms with Crippen molar-refractivity contribution in [1.82, 2.24) is 35.0 Å². The van der Waals surface area contributed by atoms with Gasteiger partial charge in [0, 0.05) is 17.8 Å². The number of rotatable bonds is 7. The van der Waals surface area contributed by atoms with Crippen LogP contribution in [0.3, 0.4) is 0 Å². The maximum atomic E-state index is 12.7. The Kier molecular flexibility index (Phi) is 5.94. The summed E-state index contributed by atoms with van der Waals surface area (Å²) >= 11 is 17.8. The summed E-state index contributed by atoms with van der Waals surface area (Å²) in [5.41, 5.74) is 2.69. The van der Waals surface area contributed by atoms with E-state index in [1.54, 1.807) is 12.1 Å². The minimum absolute atomic E-state index is 0.228. The quantitative estimate of drug-likeness (QED) is 0.270. The number of aromatic nitrogens is 6. The van der Waals surface area contributed by atoms with Crippen LogP contribution in [0, 0.1) is 5.41 Å². The lowest BCUT2D eigenvalue weighted by Gasteiger charge is -2.07. The summed E-state index contributed by atoms with van der Waals surface area (Å²) in [7, 11) is 0. The number of nitrogens with zero attached hydrogens (tertiary/aromatic N) is 4. The zero-order valence-corrected chi connectivity index (χ0v) is 17.7. The van der Waals surface area contributed by atoms with Gasteiger partial charge in [-0.1, -0.05) is 34.8 Å². The van der Waals surface area contributed by atoms with Crippen molar-refractivity contribution in [3.05, 3.63) is 58.5 Å². The summed E-state index contributed by atoms with van der Waals surface area (Å²) in [6.45, 7) is -2.49. The molecular weight excluding hydrogens is 473 g/mol. The van der Waals surface area contributed by atoms with Crippen molar-refractivity contribution in [1.29, 1.82) is 5.41 Å². The Morgan fingerprint density at radius 3 is 2.71 bits per heavy atom. The van der Waals surface area contributed by atoms with Crippen LogP contribution in [0.25, 0.3) is 28.0 Å². The second-order valence-corrected chi connectivity index (χ2v) is 7.58. The summed E-state index contributed by atoms with van der Waals surface area (Å²) < 4.78 is 26.0. The molecular formula is C18H13Cl3F2N8. The van der Waals surface area contributed by atoms with Crippen LogP contribution in [0.2, 0.25) is 10.0 Å². The number of H-pyrrole nitrogens is 2. The number of imidazole rings is 2. The Labute approximate surface area is 188 Å². The fourth-order valence-corrected chi connectivity index (χ4v) is 3.27. The molecule has 0 aliphatic heterocycles. The molecule has 0 atom stereocenters. The second kappa shape index (κ2) is 8.66. The minimum atomic E-state index is -2.74. The molecule has 4 aromatic rings. The Balaban J connectivity index is 1.56. The lowest BCUT2D eigenvalue weighted by Crippen LogP contribution is -2.14. The molecule has 0 unspecified atom stereocenters. The number of aromatic amines is 2. The van der Waals surface area contributed by atoms with Crippen molar-refractivity contribution in [3.63, 3.8) is 0 Å². The first kappa shape index (κ1) is 21.3. The van der Waals surface area contributed by atoms with Crippen molar-refractivity contribution >= 4 is 56.7 Å². The van der Waals surface area contributed by atoms with E-state index in [0.717, 1.165) is 5.52 Å². The number of halogens is 5. The molecule has 0 bridgehead atoms. The van der Waals surface area contributed by atoms with Gasteiger partial charge in [-0.05, 0) is 12.1 Å². The smallest absolute Gasteiger partial charge is 0.333 e. The highest BCUT2D eigenvalue weighted by Gasteiger charge is 2.14. The molecule has 3 heterocycles. The van der Waals surface area contributed by atoms with Crippen molar-refractivity contribution in [2.45, 2.75) is 13.1 Å². The van der Waals surface area contributed by atoms with E-state index < -0.39 is 6.55 Å². The topological polar surface area (TPSA) is 111 Å². The molecule has 8 nitrogen and oxygen atoms in total. The summed E-state index contributed by atoms with van der Waals surface area (Å²) in [6, 6.07) is 3.34. The largest absolute Gasteiger partial charge is 0.375 e. The first-order chi connectivity index (χ1) is 14.8. The van der Waals surface area contributed by atoms with Crippen LogP contribution in [0.4, 0.5) is 8.78 Å². The first-order valence-electron chi connectivity index (χ1n) is 8.71. The van der Waals surface area contributed by atoms with E-state index in [0.29, 0.717) is 48.8 Å². The molecule has 160 valence electrons. The van der Waals surface area contributed by atoms with E-state index in [1.165, 1.54) is 24.7 Å². The number of allylic oxidation sites excluding steroid dienone is 1. The van der Waals surface area contributed by atoms with E-state index in [1.807, 2.05) is 0 Å². The number of hydrogen-bond acceptors (Lipinski definition) is 5. The van der Waals surface area contributed by atoms with Gasteiger partial charge < -0.3 is 15.3 Å². The molecule has 0 saturated heterocycles. The molecule has 0 spiro atoms. The van der Waals surface area contributed by atoms with Gasteiger partial charge in [0.15, 0.2) is 5.82 Å². The zero-order chi connectivity index (χ0) is 22.1. The molecule has 4 rings (SSSR count). The lowest BCUT2D eigenvalue weighted by molar-refractivity contribution is 0.0566. The standard InChI is InChI=1S/C18H13Cl3F2N8/c19-9-1-11-12(2-10(9)20)29-16(28-11)6-25-13(3-15(21)24)17-26-5-14(30-17)8-4-27-31(7-8)18(22)23/h1-5,7,18,24-25H,6H2,(H,26,30)(H,28,29)/b13-3+,24-15?. The molecule has 0 saturated carbocycles. The van der Waals surface area contributed by atoms with Crippen LogP contribution in [0.1, 0.15) is 18.2 Å². The Bertz CT molecular complexity index is 1250. The summed E-state index contributed by atoms with van der Waals surface area (Å²) in [5, 5.41) is 14.9. The molecule has 4 N–H and O–H groups in total. The van der Waals surface area contributed by atoms with Crippen LogP contribution in [-0.2, 0) is 6.54 Å². The van der Waals surface area contributed by atoms with Crippen LogP contribution in [0.5, 0.6) is 0 Å². The first-order valence-corrected chi connectivity index (χ1v) is 9.85. The van der Waals surface area contributed by atoms with Crippen molar-refractivity contribution < 1.29 is 8.78 Å². The SMILES string of the molecule is N=C(Cl)/C=C(/NCc1nc2cc(Cl)c(Cl)cc2[nH]1)c1ncc(-c2cnn(C(F)F)c2)[nH]1. The average Bonchev–Trinajstić information content (AvgIpc) is 3.44. The van der Waals surface area contributed by atoms with Crippen molar-refractivity contribution in [3.8, 4) is 11.3 Å². The van der Waals surface area contributed by atoms with Crippen LogP contribution in [-0.4, -0.2) is 34.9 Å². The fourth-order valence-electron chi connectivity index (χ4n) is 2.84. The van der Waals surface area contributed by atoms with E-state index in [4.69, 9.17) is 40.2 Å². The summed E-state index contributed by atoms with van der Waals surface area (Å²) in [5.74, 6) is 0.942. The van der Waals surface area contributed by atoms with E-state index >= 15 is 0 Å². The highest BCUT2D eigenvalue weighted by molar-refractivity contribution is 6.68. The molecule has 31 heavy (non-hydrogen) atoms. The van der Waals surface area contributed by atoms with E-state index in [9.17, 15) is 8.78 Å². The number of benzene rings is 1. The number of hydrogen-bond donors (Lipinski definition) is 4. The Morgan fingerprint density at radius 2 is 2.00 bits per heavy atom. The van der Waals surface area contributed by atoms with E-state index in [-0.39, 0.29) is 11.7 Å². The monoisotopic (exact) mass is 484 g/mol. The summed E-state index contributed by atoms with van der Waals surface area (Å²) in [4.78, 5) is 14.8. The lowest BCUT2D eigenvalue weighted by atomic mass is 10.3. The molecule has 0 amide bonds. The molecule has 0 radical (unpaired) electrons. The minimum Gasteiger partial charge on any atom is -0.375 e. The van der Waals surface area contributed by atoms with Crippen LogP contribution >= 0.6 is 34.8 Å². The molecule has 1 aromatic carbocycles. The number of fused-ring (bicyclic) bond motifs is 1.